The molecule has 0 radical (unpaired) electrons. The van der Waals surface area contributed by atoms with Crippen molar-refractivity contribution >= 4 is 40.7 Å². The van der Waals surface area contributed by atoms with Gasteiger partial charge in [0.05, 0.1) is 21.7 Å². The first kappa shape index (κ1) is 21.3. The van der Waals surface area contributed by atoms with E-state index < -0.39 is 17.7 Å². The molecule has 29 heavy (non-hydrogen) atoms. The number of carbonyl (C=O) groups excluding carboxylic acids is 2. The molecule has 1 aliphatic rings. The highest BCUT2D eigenvalue weighted by Crippen LogP contribution is 2.40. The minimum atomic E-state index is -0.750. The van der Waals surface area contributed by atoms with E-state index in [1.807, 2.05) is 19.0 Å². The summed E-state index contributed by atoms with van der Waals surface area (Å²) < 4.78 is 0. The smallest absolute Gasteiger partial charge is 0.295 e. The predicted molar refractivity (Wildman–Crippen MR) is 113 cm³/mol. The van der Waals surface area contributed by atoms with Crippen molar-refractivity contribution in [1.82, 2.24) is 14.8 Å². The fraction of sp³-hybridized carbons (Fsp3) is 0.286. The first-order chi connectivity index (χ1) is 13.8. The number of nitrogens with zero attached hydrogens (tertiary/aromatic N) is 3. The van der Waals surface area contributed by atoms with Crippen molar-refractivity contribution in [1.29, 1.82) is 0 Å². The van der Waals surface area contributed by atoms with Crippen molar-refractivity contribution in [2.75, 3.05) is 27.2 Å². The van der Waals surface area contributed by atoms with Crippen LogP contribution in [0.1, 0.15) is 23.6 Å². The molecule has 6 nitrogen and oxygen atoms in total. The van der Waals surface area contributed by atoms with Crippen molar-refractivity contribution < 1.29 is 14.7 Å². The van der Waals surface area contributed by atoms with E-state index in [0.717, 1.165) is 6.54 Å². The summed E-state index contributed by atoms with van der Waals surface area (Å²) in [6, 6.07) is 7.37. The highest BCUT2D eigenvalue weighted by molar-refractivity contribution is 6.46. The number of aromatic nitrogens is 1. The number of aliphatic hydroxyl groups is 1. The summed E-state index contributed by atoms with van der Waals surface area (Å²) in [5, 5.41) is 11.6. The molecule has 1 aliphatic heterocycles. The molecule has 1 aromatic heterocycles. The maximum absolute atomic E-state index is 12.9. The molecule has 0 aliphatic carbocycles. The third kappa shape index (κ3) is 4.45. The first-order valence-electron chi connectivity index (χ1n) is 9.09. The average molecular weight is 434 g/mol. The summed E-state index contributed by atoms with van der Waals surface area (Å²) in [5.74, 6) is -1.60. The van der Waals surface area contributed by atoms with E-state index in [2.05, 4.69) is 4.98 Å². The molecular weight excluding hydrogens is 413 g/mol. The third-order valence-corrected chi connectivity index (χ3v) is 5.50. The van der Waals surface area contributed by atoms with Crippen LogP contribution in [0.15, 0.2) is 48.3 Å². The van der Waals surface area contributed by atoms with Crippen LogP contribution in [0.4, 0.5) is 0 Å². The Kier molecular flexibility index (Phi) is 6.57. The maximum atomic E-state index is 12.9. The molecule has 1 saturated heterocycles. The lowest BCUT2D eigenvalue weighted by Gasteiger charge is -2.26. The molecule has 1 amide bonds. The molecule has 152 valence electrons. The molecule has 0 bridgehead atoms. The Hall–Kier alpha value is -2.41. The Morgan fingerprint density at radius 3 is 2.45 bits per heavy atom. The van der Waals surface area contributed by atoms with E-state index in [9.17, 15) is 14.7 Å². The van der Waals surface area contributed by atoms with E-state index in [0.29, 0.717) is 34.1 Å². The largest absolute Gasteiger partial charge is 0.507 e. The van der Waals surface area contributed by atoms with Gasteiger partial charge in [0.15, 0.2) is 0 Å². The topological polar surface area (TPSA) is 73.7 Å². The molecule has 8 heteroatoms. The predicted octanol–water partition coefficient (Wildman–Crippen LogP) is 3.76. The van der Waals surface area contributed by atoms with Crippen molar-refractivity contribution in [2.24, 2.45) is 0 Å². The summed E-state index contributed by atoms with van der Waals surface area (Å²) in [5.41, 5.74) is 1.06. The first-order valence-corrected chi connectivity index (χ1v) is 9.85. The molecule has 1 atom stereocenters. The van der Waals surface area contributed by atoms with Crippen LogP contribution in [0.5, 0.6) is 0 Å². The Morgan fingerprint density at radius 1 is 1.14 bits per heavy atom. The number of hydrogen-bond donors (Lipinski definition) is 1. The van der Waals surface area contributed by atoms with E-state index in [4.69, 9.17) is 23.2 Å². The van der Waals surface area contributed by atoms with Gasteiger partial charge in [0.25, 0.3) is 11.7 Å². The molecule has 0 saturated carbocycles. The van der Waals surface area contributed by atoms with Crippen LogP contribution in [0.3, 0.4) is 0 Å². The van der Waals surface area contributed by atoms with Gasteiger partial charge >= 0.3 is 0 Å². The zero-order chi connectivity index (χ0) is 21.1. The minimum absolute atomic E-state index is 0.0319. The Morgan fingerprint density at radius 2 is 1.83 bits per heavy atom. The standard InChI is InChI=1S/C21H21Cl2N3O3/c1-25(2)10-3-11-26-18(14-4-5-15(22)16(23)12-14)17(20(28)21(26)29)19(27)13-6-8-24-9-7-13/h4-9,12,18,27H,3,10-11H2,1-2H3/t18-/m0/s1. The number of pyridine rings is 1. The molecule has 1 aromatic carbocycles. The van der Waals surface area contributed by atoms with Crippen LogP contribution in [0, 0.1) is 0 Å². The summed E-state index contributed by atoms with van der Waals surface area (Å²) in [4.78, 5) is 33.1. The van der Waals surface area contributed by atoms with Crippen LogP contribution in [0.2, 0.25) is 10.0 Å². The number of likely N-dealkylation sites (tertiary alicyclic amines) is 1. The Bertz CT molecular complexity index is 961. The van der Waals surface area contributed by atoms with E-state index in [1.54, 1.807) is 30.3 Å². The van der Waals surface area contributed by atoms with Crippen LogP contribution >= 0.6 is 23.2 Å². The number of amides is 1. The van der Waals surface area contributed by atoms with Gasteiger partial charge < -0.3 is 14.9 Å². The number of Topliss-reactive ketones (excluding diaryl/α,β-unsaturated/α-hetero) is 1. The Labute approximate surface area is 179 Å². The molecule has 2 heterocycles. The summed E-state index contributed by atoms with van der Waals surface area (Å²) in [7, 11) is 3.88. The van der Waals surface area contributed by atoms with Gasteiger partial charge in [-0.25, -0.2) is 0 Å². The van der Waals surface area contributed by atoms with E-state index in [1.165, 1.54) is 17.3 Å². The fourth-order valence-corrected chi connectivity index (χ4v) is 3.67. The number of aliphatic hydroxyl groups excluding tert-OH is 1. The van der Waals surface area contributed by atoms with Gasteiger partial charge in [-0.1, -0.05) is 29.3 Å². The highest BCUT2D eigenvalue weighted by Gasteiger charge is 2.45. The zero-order valence-corrected chi connectivity index (χ0v) is 17.6. The summed E-state index contributed by atoms with van der Waals surface area (Å²) in [6.45, 7) is 1.11. The Balaban J connectivity index is 2.11. The van der Waals surface area contributed by atoms with Crippen molar-refractivity contribution in [3.63, 3.8) is 0 Å². The van der Waals surface area contributed by atoms with Crippen LogP contribution in [-0.2, 0) is 9.59 Å². The van der Waals surface area contributed by atoms with Gasteiger partial charge in [0, 0.05) is 24.5 Å². The lowest BCUT2D eigenvalue weighted by atomic mass is 9.95. The number of halogens is 2. The van der Waals surface area contributed by atoms with Crippen LogP contribution < -0.4 is 0 Å². The quantitative estimate of drug-likeness (QED) is 0.426. The second kappa shape index (κ2) is 8.95. The molecule has 3 rings (SSSR count). The van der Waals surface area contributed by atoms with Gasteiger partial charge in [0.1, 0.15) is 5.76 Å². The number of benzene rings is 1. The molecule has 1 N–H and O–H groups in total. The van der Waals surface area contributed by atoms with Gasteiger partial charge in [-0.05, 0) is 56.9 Å². The fourth-order valence-electron chi connectivity index (χ4n) is 3.36. The molecule has 2 aromatic rings. The van der Waals surface area contributed by atoms with Crippen molar-refractivity contribution in [2.45, 2.75) is 12.5 Å². The monoisotopic (exact) mass is 433 g/mol. The molecule has 0 unspecified atom stereocenters. The number of carbonyl (C=O) groups is 2. The molecular formula is C21H21Cl2N3O3. The minimum Gasteiger partial charge on any atom is -0.507 e. The highest BCUT2D eigenvalue weighted by atomic mass is 35.5. The van der Waals surface area contributed by atoms with Crippen molar-refractivity contribution in [3.8, 4) is 0 Å². The third-order valence-electron chi connectivity index (χ3n) is 4.76. The summed E-state index contributed by atoms with van der Waals surface area (Å²) >= 11 is 12.2. The van der Waals surface area contributed by atoms with E-state index >= 15 is 0 Å². The lowest BCUT2D eigenvalue weighted by molar-refractivity contribution is -0.139. The van der Waals surface area contributed by atoms with Gasteiger partial charge in [-0.2, -0.15) is 0 Å². The summed E-state index contributed by atoms with van der Waals surface area (Å²) in [6.07, 6.45) is 3.69. The number of ketones is 1. The van der Waals surface area contributed by atoms with Crippen LogP contribution in [0.25, 0.3) is 5.76 Å². The second-order valence-electron chi connectivity index (χ2n) is 7.06. The van der Waals surface area contributed by atoms with Crippen LogP contribution in [-0.4, -0.2) is 58.8 Å². The maximum Gasteiger partial charge on any atom is 0.295 e. The van der Waals surface area contributed by atoms with Gasteiger partial charge in [0.2, 0.25) is 0 Å². The molecule has 0 spiro atoms. The van der Waals surface area contributed by atoms with Crippen molar-refractivity contribution in [3.05, 3.63) is 69.5 Å². The van der Waals surface area contributed by atoms with Gasteiger partial charge in [-0.3, -0.25) is 14.6 Å². The van der Waals surface area contributed by atoms with Gasteiger partial charge in [-0.15, -0.1) is 0 Å². The average Bonchev–Trinajstić information content (AvgIpc) is 2.95. The second-order valence-corrected chi connectivity index (χ2v) is 7.87. The normalized spacial score (nSPS) is 18.7. The number of hydrogen-bond acceptors (Lipinski definition) is 5. The molecule has 1 fully saturated rings. The van der Waals surface area contributed by atoms with E-state index in [-0.39, 0.29) is 11.3 Å². The SMILES string of the molecule is CN(C)CCCN1C(=O)C(=O)C(=C(O)c2ccncc2)[C@@H]1c1ccc(Cl)c(Cl)c1. The zero-order valence-electron chi connectivity index (χ0n) is 16.1. The lowest BCUT2D eigenvalue weighted by Crippen LogP contribution is -2.32. The number of rotatable bonds is 6.